The fraction of sp³-hybridized carbons (Fsp3) is 0.364. The highest BCUT2D eigenvalue weighted by Gasteiger charge is 2.30. The molecular weight excluding hydrogens is 192 g/mol. The molecular formula is C11H14N2O2. The van der Waals surface area contributed by atoms with Gasteiger partial charge in [-0.15, -0.1) is 0 Å². The van der Waals surface area contributed by atoms with Crippen LogP contribution in [0, 0.1) is 0 Å². The lowest BCUT2D eigenvalue weighted by atomic mass is 9.97. The predicted molar refractivity (Wildman–Crippen MR) is 56.6 cm³/mol. The van der Waals surface area contributed by atoms with E-state index in [-0.39, 0.29) is 6.04 Å². The minimum absolute atomic E-state index is 0.141. The van der Waals surface area contributed by atoms with Gasteiger partial charge in [0.1, 0.15) is 6.04 Å². The standard InChI is InChI=1S/C11H14N2O2/c14-11(15)10-9(12-6-7-13-10)8-4-2-1-3-5-8/h1-5,9-10,12-13H,6-7H2,(H,14,15). The van der Waals surface area contributed by atoms with Gasteiger partial charge in [0, 0.05) is 13.1 Å². The van der Waals surface area contributed by atoms with Crippen LogP contribution in [0.25, 0.3) is 0 Å². The van der Waals surface area contributed by atoms with Crippen molar-refractivity contribution in [3.63, 3.8) is 0 Å². The van der Waals surface area contributed by atoms with Crippen molar-refractivity contribution in [2.75, 3.05) is 13.1 Å². The van der Waals surface area contributed by atoms with E-state index < -0.39 is 12.0 Å². The van der Waals surface area contributed by atoms with Gasteiger partial charge in [0.25, 0.3) is 0 Å². The highest BCUT2D eigenvalue weighted by atomic mass is 16.4. The van der Waals surface area contributed by atoms with Crippen molar-refractivity contribution in [2.24, 2.45) is 0 Å². The number of benzene rings is 1. The molecule has 0 saturated carbocycles. The second kappa shape index (κ2) is 4.42. The highest BCUT2D eigenvalue weighted by Crippen LogP contribution is 2.18. The van der Waals surface area contributed by atoms with Gasteiger partial charge in [0.15, 0.2) is 0 Å². The van der Waals surface area contributed by atoms with Crippen molar-refractivity contribution in [3.8, 4) is 0 Å². The first-order valence-corrected chi connectivity index (χ1v) is 5.03. The summed E-state index contributed by atoms with van der Waals surface area (Å²) in [4.78, 5) is 11.0. The molecule has 1 aliphatic rings. The zero-order valence-corrected chi connectivity index (χ0v) is 8.31. The zero-order chi connectivity index (χ0) is 10.7. The van der Waals surface area contributed by atoms with Crippen molar-refractivity contribution < 1.29 is 9.90 Å². The van der Waals surface area contributed by atoms with Gasteiger partial charge in [-0.2, -0.15) is 0 Å². The summed E-state index contributed by atoms with van der Waals surface area (Å²) in [6.07, 6.45) is 0. The number of rotatable bonds is 2. The van der Waals surface area contributed by atoms with E-state index in [1.807, 2.05) is 30.3 Å². The Hall–Kier alpha value is -1.39. The SMILES string of the molecule is O=C(O)C1NCCNC1c1ccccc1. The third-order valence-corrected chi connectivity index (χ3v) is 2.61. The van der Waals surface area contributed by atoms with E-state index in [9.17, 15) is 4.79 Å². The molecule has 0 spiro atoms. The van der Waals surface area contributed by atoms with Crippen molar-refractivity contribution in [3.05, 3.63) is 35.9 Å². The van der Waals surface area contributed by atoms with Gasteiger partial charge in [-0.05, 0) is 5.56 Å². The van der Waals surface area contributed by atoms with Crippen molar-refractivity contribution >= 4 is 5.97 Å². The van der Waals surface area contributed by atoms with Crippen LogP contribution in [0.3, 0.4) is 0 Å². The number of hydrogen-bond acceptors (Lipinski definition) is 3. The molecule has 80 valence electrons. The molecule has 1 fully saturated rings. The summed E-state index contributed by atoms with van der Waals surface area (Å²) in [5.41, 5.74) is 1.01. The number of carboxylic acid groups (broad SMARTS) is 1. The molecule has 1 aliphatic heterocycles. The van der Waals surface area contributed by atoms with Crippen LogP contribution in [0.5, 0.6) is 0 Å². The summed E-state index contributed by atoms with van der Waals surface area (Å²) in [6.45, 7) is 1.49. The summed E-state index contributed by atoms with van der Waals surface area (Å²) < 4.78 is 0. The lowest BCUT2D eigenvalue weighted by molar-refractivity contribution is -0.140. The number of nitrogens with one attached hydrogen (secondary N) is 2. The maximum Gasteiger partial charge on any atom is 0.322 e. The second-order valence-electron chi connectivity index (χ2n) is 3.61. The molecule has 2 atom stereocenters. The first-order chi connectivity index (χ1) is 7.29. The van der Waals surface area contributed by atoms with E-state index in [2.05, 4.69) is 10.6 Å². The largest absolute Gasteiger partial charge is 0.480 e. The number of hydrogen-bond donors (Lipinski definition) is 3. The van der Waals surface area contributed by atoms with E-state index in [4.69, 9.17) is 5.11 Å². The molecule has 4 heteroatoms. The Kier molecular flexibility index (Phi) is 2.99. The molecule has 1 aromatic rings. The topological polar surface area (TPSA) is 61.4 Å². The molecule has 0 radical (unpaired) electrons. The average Bonchev–Trinajstić information content (AvgIpc) is 2.30. The third kappa shape index (κ3) is 2.16. The summed E-state index contributed by atoms with van der Waals surface area (Å²) >= 11 is 0. The Morgan fingerprint density at radius 3 is 2.53 bits per heavy atom. The van der Waals surface area contributed by atoms with Crippen molar-refractivity contribution in [1.82, 2.24) is 10.6 Å². The van der Waals surface area contributed by atoms with Crippen LogP contribution in [-0.2, 0) is 4.79 Å². The monoisotopic (exact) mass is 206 g/mol. The lowest BCUT2D eigenvalue weighted by Crippen LogP contribution is -2.54. The molecule has 0 aliphatic carbocycles. The predicted octanol–water partition coefficient (Wildman–Crippen LogP) is 0.374. The minimum atomic E-state index is -0.809. The smallest absolute Gasteiger partial charge is 0.322 e. The highest BCUT2D eigenvalue weighted by molar-refractivity contribution is 5.75. The molecule has 1 heterocycles. The van der Waals surface area contributed by atoms with Crippen LogP contribution < -0.4 is 10.6 Å². The molecule has 15 heavy (non-hydrogen) atoms. The minimum Gasteiger partial charge on any atom is -0.480 e. The van der Waals surface area contributed by atoms with E-state index >= 15 is 0 Å². The van der Waals surface area contributed by atoms with Gasteiger partial charge >= 0.3 is 5.97 Å². The van der Waals surface area contributed by atoms with Crippen LogP contribution in [0.15, 0.2) is 30.3 Å². The molecule has 2 unspecified atom stereocenters. The van der Waals surface area contributed by atoms with E-state index in [0.717, 1.165) is 12.1 Å². The number of carboxylic acids is 1. The fourth-order valence-electron chi connectivity index (χ4n) is 1.89. The van der Waals surface area contributed by atoms with Gasteiger partial charge in [-0.3, -0.25) is 4.79 Å². The number of carbonyl (C=O) groups is 1. The lowest BCUT2D eigenvalue weighted by Gasteiger charge is -2.31. The Morgan fingerprint density at radius 1 is 1.20 bits per heavy atom. The molecule has 4 nitrogen and oxygen atoms in total. The second-order valence-corrected chi connectivity index (χ2v) is 3.61. The first kappa shape index (κ1) is 10.1. The fourth-order valence-corrected chi connectivity index (χ4v) is 1.89. The number of piperazine rings is 1. The number of aliphatic carboxylic acids is 1. The maximum absolute atomic E-state index is 11.0. The Labute approximate surface area is 88.3 Å². The Morgan fingerprint density at radius 2 is 1.87 bits per heavy atom. The Bertz CT molecular complexity index is 340. The third-order valence-electron chi connectivity index (χ3n) is 2.61. The van der Waals surface area contributed by atoms with Crippen LogP contribution >= 0.6 is 0 Å². The van der Waals surface area contributed by atoms with Gasteiger partial charge in [0.05, 0.1) is 6.04 Å². The van der Waals surface area contributed by atoms with Gasteiger partial charge < -0.3 is 15.7 Å². The van der Waals surface area contributed by atoms with E-state index in [1.54, 1.807) is 0 Å². The maximum atomic E-state index is 11.0. The van der Waals surface area contributed by atoms with Crippen molar-refractivity contribution in [1.29, 1.82) is 0 Å². The molecule has 0 amide bonds. The van der Waals surface area contributed by atoms with Crippen LogP contribution in [0.2, 0.25) is 0 Å². The van der Waals surface area contributed by atoms with E-state index in [1.165, 1.54) is 0 Å². The first-order valence-electron chi connectivity index (χ1n) is 5.03. The zero-order valence-electron chi connectivity index (χ0n) is 8.31. The van der Waals surface area contributed by atoms with Crippen molar-refractivity contribution in [2.45, 2.75) is 12.1 Å². The molecule has 1 saturated heterocycles. The van der Waals surface area contributed by atoms with Crippen LogP contribution in [0.4, 0.5) is 0 Å². The summed E-state index contributed by atoms with van der Waals surface area (Å²) in [5.74, 6) is -0.809. The average molecular weight is 206 g/mol. The molecule has 2 rings (SSSR count). The van der Waals surface area contributed by atoms with Gasteiger partial charge in [0.2, 0.25) is 0 Å². The molecule has 3 N–H and O–H groups in total. The summed E-state index contributed by atoms with van der Waals surface area (Å²) in [6, 6.07) is 8.98. The Balaban J connectivity index is 2.22. The van der Waals surface area contributed by atoms with Gasteiger partial charge in [-0.25, -0.2) is 0 Å². The molecule has 1 aromatic carbocycles. The molecule has 0 bridgehead atoms. The van der Waals surface area contributed by atoms with Gasteiger partial charge in [-0.1, -0.05) is 30.3 Å². The normalized spacial score (nSPS) is 26.1. The molecule has 0 aromatic heterocycles. The summed E-state index contributed by atoms with van der Waals surface area (Å²) in [5, 5.41) is 15.3. The van der Waals surface area contributed by atoms with Crippen LogP contribution in [-0.4, -0.2) is 30.2 Å². The van der Waals surface area contributed by atoms with Crippen LogP contribution in [0.1, 0.15) is 11.6 Å². The summed E-state index contributed by atoms with van der Waals surface area (Å²) in [7, 11) is 0. The quantitative estimate of drug-likeness (QED) is 0.654. The van der Waals surface area contributed by atoms with E-state index in [0.29, 0.717) is 6.54 Å².